The second-order valence-corrected chi connectivity index (χ2v) is 6.02. The van der Waals surface area contributed by atoms with Gasteiger partial charge in [-0.05, 0) is 24.5 Å². The number of aryl methyl sites for hydroxylation is 2. The van der Waals surface area contributed by atoms with Gasteiger partial charge in [0.1, 0.15) is 5.82 Å². The Bertz CT molecular complexity index is 723. The largest absolute Gasteiger partial charge is 0.310 e. The van der Waals surface area contributed by atoms with Crippen LogP contribution in [-0.4, -0.2) is 26.4 Å². The number of H-pyrrole nitrogens is 1. The Hall–Kier alpha value is -2.01. The predicted molar refractivity (Wildman–Crippen MR) is 85.6 cm³/mol. The Kier molecular flexibility index (Phi) is 4.34. The van der Waals surface area contributed by atoms with Crippen molar-refractivity contribution in [3.8, 4) is 0 Å². The van der Waals surface area contributed by atoms with Gasteiger partial charge in [0.15, 0.2) is 0 Å². The summed E-state index contributed by atoms with van der Waals surface area (Å²) in [7, 11) is 0. The van der Waals surface area contributed by atoms with Gasteiger partial charge in [-0.25, -0.2) is 4.98 Å². The number of fused-ring (bicyclic) bond motifs is 1. The van der Waals surface area contributed by atoms with Gasteiger partial charge in [-0.3, -0.25) is 14.7 Å². The summed E-state index contributed by atoms with van der Waals surface area (Å²) in [4.78, 5) is 26.3. The molecule has 1 aliphatic heterocycles. The maximum absolute atomic E-state index is 12.3. The molecule has 0 saturated heterocycles. The normalized spacial score (nSPS) is 14.8. The van der Waals surface area contributed by atoms with Crippen LogP contribution in [0.2, 0.25) is 0 Å². The highest BCUT2D eigenvalue weighted by Crippen LogP contribution is 2.16. The maximum atomic E-state index is 12.3. The molecule has 0 spiro atoms. The minimum absolute atomic E-state index is 0.0283. The van der Waals surface area contributed by atoms with Gasteiger partial charge in [0.05, 0.1) is 11.3 Å². The number of nitrogens with zero attached hydrogens (tertiary/aromatic N) is 3. The van der Waals surface area contributed by atoms with Gasteiger partial charge in [0.2, 0.25) is 0 Å². The molecule has 5 heteroatoms. The molecule has 3 heterocycles. The van der Waals surface area contributed by atoms with E-state index in [1.54, 1.807) is 0 Å². The Balaban J connectivity index is 1.78. The van der Waals surface area contributed by atoms with E-state index >= 15 is 0 Å². The lowest BCUT2D eigenvalue weighted by Crippen LogP contribution is -2.35. The quantitative estimate of drug-likeness (QED) is 0.937. The van der Waals surface area contributed by atoms with Crippen LogP contribution in [0.4, 0.5) is 0 Å². The van der Waals surface area contributed by atoms with Crippen LogP contribution in [0, 0.1) is 6.92 Å². The van der Waals surface area contributed by atoms with Gasteiger partial charge in [0.25, 0.3) is 5.56 Å². The molecule has 1 N–H and O–H groups in total. The van der Waals surface area contributed by atoms with Crippen LogP contribution in [0.25, 0.3) is 0 Å². The third kappa shape index (κ3) is 3.25. The van der Waals surface area contributed by atoms with Gasteiger partial charge in [-0.15, -0.1) is 0 Å². The fourth-order valence-corrected chi connectivity index (χ4v) is 2.98. The summed E-state index contributed by atoms with van der Waals surface area (Å²) in [5, 5.41) is 0. The van der Waals surface area contributed by atoms with E-state index in [9.17, 15) is 4.79 Å². The SMILES string of the molecule is CCCc1nc2c(c(=O)[nH]1)CN(Cc1cncc(C)c1)CC2. The smallest absolute Gasteiger partial charge is 0.255 e. The van der Waals surface area contributed by atoms with Crippen LogP contribution in [0.1, 0.15) is 41.6 Å². The Morgan fingerprint density at radius 2 is 2.23 bits per heavy atom. The summed E-state index contributed by atoms with van der Waals surface area (Å²) < 4.78 is 0. The average molecular weight is 298 g/mol. The number of hydrogen-bond acceptors (Lipinski definition) is 4. The number of rotatable bonds is 4. The predicted octanol–water partition coefficient (Wildman–Crippen LogP) is 1.98. The number of aromatic amines is 1. The standard InChI is InChI=1S/C17H22N4O/c1-3-4-16-19-15-5-6-21(11-14(15)17(22)20-16)10-13-7-12(2)8-18-9-13/h7-9H,3-6,10-11H2,1-2H3,(H,19,20,22). The van der Waals surface area contributed by atoms with Gasteiger partial charge in [0, 0.05) is 44.9 Å². The lowest BCUT2D eigenvalue weighted by atomic mass is 10.1. The summed E-state index contributed by atoms with van der Waals surface area (Å²) in [6, 6.07) is 2.15. The van der Waals surface area contributed by atoms with E-state index in [4.69, 9.17) is 0 Å². The van der Waals surface area contributed by atoms with Crippen molar-refractivity contribution in [3.63, 3.8) is 0 Å². The molecule has 5 nitrogen and oxygen atoms in total. The zero-order chi connectivity index (χ0) is 15.5. The van der Waals surface area contributed by atoms with Crippen molar-refractivity contribution in [3.05, 3.63) is 57.0 Å². The molecular formula is C17H22N4O. The molecule has 3 rings (SSSR count). The van der Waals surface area contributed by atoms with Crippen LogP contribution in [0.3, 0.4) is 0 Å². The molecule has 2 aromatic heterocycles. The number of hydrogen-bond donors (Lipinski definition) is 1. The van der Waals surface area contributed by atoms with Crippen LogP contribution >= 0.6 is 0 Å². The van der Waals surface area contributed by atoms with Crippen molar-refractivity contribution in [2.24, 2.45) is 0 Å². The molecule has 1 aliphatic rings. The lowest BCUT2D eigenvalue weighted by molar-refractivity contribution is 0.241. The summed E-state index contributed by atoms with van der Waals surface area (Å²) in [6.07, 6.45) is 6.43. The van der Waals surface area contributed by atoms with Crippen molar-refractivity contribution >= 4 is 0 Å². The lowest BCUT2D eigenvalue weighted by Gasteiger charge is -2.27. The highest BCUT2D eigenvalue weighted by atomic mass is 16.1. The molecule has 0 fully saturated rings. The Morgan fingerprint density at radius 1 is 1.36 bits per heavy atom. The zero-order valence-electron chi connectivity index (χ0n) is 13.2. The van der Waals surface area contributed by atoms with Crippen LogP contribution in [0.5, 0.6) is 0 Å². The van der Waals surface area contributed by atoms with Crippen molar-refractivity contribution in [2.75, 3.05) is 6.54 Å². The van der Waals surface area contributed by atoms with Crippen LogP contribution in [0.15, 0.2) is 23.3 Å². The van der Waals surface area contributed by atoms with E-state index in [1.165, 1.54) is 11.1 Å². The highest BCUT2D eigenvalue weighted by Gasteiger charge is 2.21. The molecule has 0 atom stereocenters. The first-order valence-electron chi connectivity index (χ1n) is 7.89. The minimum Gasteiger partial charge on any atom is -0.310 e. The van der Waals surface area contributed by atoms with Crippen LogP contribution in [-0.2, 0) is 25.9 Å². The molecule has 22 heavy (non-hydrogen) atoms. The first-order chi connectivity index (χ1) is 10.7. The average Bonchev–Trinajstić information content (AvgIpc) is 2.48. The minimum atomic E-state index is 0.0283. The Morgan fingerprint density at radius 3 is 3.00 bits per heavy atom. The highest BCUT2D eigenvalue weighted by molar-refractivity contribution is 5.22. The van der Waals surface area contributed by atoms with Gasteiger partial charge in [-0.1, -0.05) is 13.0 Å². The second-order valence-electron chi connectivity index (χ2n) is 6.02. The first kappa shape index (κ1) is 14.9. The van der Waals surface area contributed by atoms with Crippen molar-refractivity contribution < 1.29 is 0 Å². The van der Waals surface area contributed by atoms with E-state index in [1.807, 2.05) is 19.3 Å². The molecular weight excluding hydrogens is 276 g/mol. The molecule has 0 amide bonds. The molecule has 0 unspecified atom stereocenters. The van der Waals surface area contributed by atoms with Gasteiger partial charge in [-0.2, -0.15) is 0 Å². The van der Waals surface area contributed by atoms with E-state index in [2.05, 4.69) is 32.8 Å². The fourth-order valence-electron chi connectivity index (χ4n) is 2.98. The molecule has 2 aromatic rings. The number of pyridine rings is 1. The first-order valence-corrected chi connectivity index (χ1v) is 7.89. The molecule has 0 saturated carbocycles. The van der Waals surface area contributed by atoms with E-state index in [-0.39, 0.29) is 5.56 Å². The van der Waals surface area contributed by atoms with Crippen molar-refractivity contribution in [1.29, 1.82) is 0 Å². The van der Waals surface area contributed by atoms with E-state index in [0.717, 1.165) is 49.4 Å². The topological polar surface area (TPSA) is 61.9 Å². The molecule has 0 radical (unpaired) electrons. The molecule has 116 valence electrons. The zero-order valence-corrected chi connectivity index (χ0v) is 13.2. The molecule has 0 aromatic carbocycles. The summed E-state index contributed by atoms with van der Waals surface area (Å²) in [5.74, 6) is 0.822. The fraction of sp³-hybridized carbons (Fsp3) is 0.471. The van der Waals surface area contributed by atoms with Gasteiger partial charge >= 0.3 is 0 Å². The number of aromatic nitrogens is 3. The summed E-state index contributed by atoms with van der Waals surface area (Å²) in [5.41, 5.74) is 4.19. The van der Waals surface area contributed by atoms with Crippen molar-refractivity contribution in [1.82, 2.24) is 19.9 Å². The van der Waals surface area contributed by atoms with E-state index < -0.39 is 0 Å². The summed E-state index contributed by atoms with van der Waals surface area (Å²) >= 11 is 0. The maximum Gasteiger partial charge on any atom is 0.255 e. The monoisotopic (exact) mass is 298 g/mol. The van der Waals surface area contributed by atoms with Gasteiger partial charge < -0.3 is 4.98 Å². The summed E-state index contributed by atoms with van der Waals surface area (Å²) in [6.45, 7) is 6.56. The second kappa shape index (κ2) is 6.40. The van der Waals surface area contributed by atoms with Crippen molar-refractivity contribution in [2.45, 2.75) is 46.2 Å². The molecule has 0 aliphatic carbocycles. The third-order valence-electron chi connectivity index (χ3n) is 4.02. The van der Waals surface area contributed by atoms with E-state index in [0.29, 0.717) is 6.54 Å². The Labute approximate surface area is 130 Å². The van der Waals surface area contributed by atoms with Crippen LogP contribution < -0.4 is 5.56 Å². The number of nitrogens with one attached hydrogen (secondary N) is 1. The third-order valence-corrected chi connectivity index (χ3v) is 4.02. The molecule has 0 bridgehead atoms.